The molecule has 0 heterocycles. The number of quaternary nitrogens is 1. The van der Waals surface area contributed by atoms with E-state index in [9.17, 15) is 13.2 Å². The van der Waals surface area contributed by atoms with Crippen molar-refractivity contribution in [2.75, 3.05) is 18.9 Å². The molecule has 0 saturated carbocycles. The Bertz CT molecular complexity index is 897. The maximum Gasteiger partial charge on any atom is 0.279 e. The summed E-state index contributed by atoms with van der Waals surface area (Å²) in [5.41, 5.74) is 1.64. The molecule has 1 atom stereocenters. The van der Waals surface area contributed by atoms with Crippen molar-refractivity contribution in [1.82, 2.24) is 4.31 Å². The molecular formula is C20H27ClN3O3S+. The summed E-state index contributed by atoms with van der Waals surface area (Å²) >= 11 is 5.89. The molecule has 0 saturated heterocycles. The molecule has 28 heavy (non-hydrogen) atoms. The molecule has 0 aliphatic rings. The topological polar surface area (TPSA) is 83.1 Å². The lowest BCUT2D eigenvalue weighted by Crippen LogP contribution is -2.86. The summed E-state index contributed by atoms with van der Waals surface area (Å²) in [7, 11) is -1.98. The zero-order valence-corrected chi connectivity index (χ0v) is 18.1. The maximum absolute atomic E-state index is 12.5. The number of amides is 1. The zero-order chi connectivity index (χ0) is 20.9. The van der Waals surface area contributed by atoms with Crippen LogP contribution >= 0.6 is 11.6 Å². The Kier molecular flexibility index (Phi) is 7.60. The fraction of sp³-hybridized carbons (Fsp3) is 0.350. The van der Waals surface area contributed by atoms with Crippen LogP contribution in [0.1, 0.15) is 32.4 Å². The van der Waals surface area contributed by atoms with Crippen molar-refractivity contribution >= 4 is 33.2 Å². The van der Waals surface area contributed by atoms with E-state index in [0.717, 1.165) is 5.56 Å². The largest absolute Gasteiger partial charge is 0.333 e. The maximum atomic E-state index is 12.5. The van der Waals surface area contributed by atoms with Gasteiger partial charge in [0.25, 0.3) is 5.91 Å². The summed E-state index contributed by atoms with van der Waals surface area (Å²) in [5, 5.41) is 5.39. The van der Waals surface area contributed by atoms with Crippen LogP contribution in [0, 0.1) is 0 Å². The van der Waals surface area contributed by atoms with Gasteiger partial charge >= 0.3 is 0 Å². The number of benzene rings is 2. The van der Waals surface area contributed by atoms with Crippen LogP contribution in [0.2, 0.25) is 5.02 Å². The number of sulfonamides is 1. The number of nitrogens with zero attached hydrogens (tertiary/aromatic N) is 1. The summed E-state index contributed by atoms with van der Waals surface area (Å²) in [6.07, 6.45) is 0. The molecule has 0 unspecified atom stereocenters. The van der Waals surface area contributed by atoms with Gasteiger partial charge in [-0.2, -0.15) is 4.31 Å². The predicted molar refractivity (Wildman–Crippen MR) is 112 cm³/mol. The summed E-state index contributed by atoms with van der Waals surface area (Å²) in [6.45, 7) is 5.89. The smallest absolute Gasteiger partial charge is 0.279 e. The molecular weight excluding hydrogens is 398 g/mol. The van der Waals surface area contributed by atoms with E-state index in [1.165, 1.54) is 16.4 Å². The first kappa shape index (κ1) is 22.4. The lowest BCUT2D eigenvalue weighted by Gasteiger charge is -2.21. The highest BCUT2D eigenvalue weighted by Gasteiger charge is 2.22. The van der Waals surface area contributed by atoms with Gasteiger partial charge in [0.05, 0.1) is 4.90 Å². The lowest BCUT2D eigenvalue weighted by molar-refractivity contribution is -0.682. The first-order valence-corrected chi connectivity index (χ1v) is 10.9. The van der Waals surface area contributed by atoms with Gasteiger partial charge < -0.3 is 10.6 Å². The van der Waals surface area contributed by atoms with Gasteiger partial charge in [0.2, 0.25) is 10.0 Å². The Morgan fingerprint density at radius 3 is 2.18 bits per heavy atom. The highest BCUT2D eigenvalue weighted by Crippen LogP contribution is 2.19. The number of nitrogens with two attached hydrogens (primary N) is 1. The molecule has 0 fully saturated rings. The molecule has 0 bridgehead atoms. The van der Waals surface area contributed by atoms with Crippen LogP contribution in [0.4, 0.5) is 5.69 Å². The summed E-state index contributed by atoms with van der Waals surface area (Å²) in [4.78, 5) is 12.4. The average Bonchev–Trinajstić information content (AvgIpc) is 2.66. The Labute approximate surface area is 171 Å². The molecule has 2 aromatic rings. The second-order valence-corrected chi connectivity index (χ2v) is 9.40. The van der Waals surface area contributed by atoms with Crippen LogP contribution in [0.5, 0.6) is 0 Å². The molecule has 152 valence electrons. The molecule has 0 spiro atoms. The van der Waals surface area contributed by atoms with Gasteiger partial charge in [0, 0.05) is 29.4 Å². The third-order valence-corrected chi connectivity index (χ3v) is 6.89. The van der Waals surface area contributed by atoms with Gasteiger partial charge in [-0.1, -0.05) is 23.7 Å². The quantitative estimate of drug-likeness (QED) is 0.683. The Morgan fingerprint density at radius 2 is 1.64 bits per heavy atom. The van der Waals surface area contributed by atoms with Crippen molar-refractivity contribution in [3.05, 3.63) is 59.1 Å². The minimum absolute atomic E-state index is 0.113. The number of halogens is 1. The van der Waals surface area contributed by atoms with E-state index in [1.54, 1.807) is 19.2 Å². The van der Waals surface area contributed by atoms with Crippen LogP contribution in [0.3, 0.4) is 0 Å². The van der Waals surface area contributed by atoms with Crippen molar-refractivity contribution in [2.24, 2.45) is 0 Å². The summed E-state index contributed by atoms with van der Waals surface area (Å²) < 4.78 is 26.2. The summed E-state index contributed by atoms with van der Waals surface area (Å²) in [6, 6.07) is 13.7. The minimum Gasteiger partial charge on any atom is -0.333 e. The van der Waals surface area contributed by atoms with E-state index >= 15 is 0 Å². The van der Waals surface area contributed by atoms with E-state index in [1.807, 2.05) is 50.4 Å². The monoisotopic (exact) mass is 424 g/mol. The van der Waals surface area contributed by atoms with Crippen LogP contribution < -0.4 is 10.6 Å². The zero-order valence-electron chi connectivity index (χ0n) is 16.5. The predicted octanol–water partition coefficient (Wildman–Crippen LogP) is 2.63. The fourth-order valence-electron chi connectivity index (χ4n) is 2.55. The number of hydrogen-bond acceptors (Lipinski definition) is 3. The first-order valence-electron chi connectivity index (χ1n) is 9.08. The van der Waals surface area contributed by atoms with Gasteiger partial charge in [-0.3, -0.25) is 4.79 Å². The van der Waals surface area contributed by atoms with Crippen LogP contribution in [-0.2, 0) is 14.8 Å². The molecule has 0 radical (unpaired) electrons. The average molecular weight is 425 g/mol. The van der Waals surface area contributed by atoms with Crippen molar-refractivity contribution in [2.45, 2.75) is 37.8 Å². The van der Waals surface area contributed by atoms with E-state index in [0.29, 0.717) is 10.7 Å². The molecule has 6 nitrogen and oxygen atoms in total. The van der Waals surface area contributed by atoms with Gasteiger partial charge in [0.1, 0.15) is 6.04 Å². The number of carbonyl (C=O) groups excluding carboxylic acids is 1. The number of rotatable bonds is 8. The summed E-state index contributed by atoms with van der Waals surface area (Å²) in [5.74, 6) is -0.157. The molecule has 2 aromatic carbocycles. The molecule has 0 aromatic heterocycles. The first-order chi connectivity index (χ1) is 13.1. The van der Waals surface area contributed by atoms with Crippen molar-refractivity contribution in [1.29, 1.82) is 0 Å². The van der Waals surface area contributed by atoms with Crippen LogP contribution in [0.25, 0.3) is 0 Å². The van der Waals surface area contributed by atoms with Crippen molar-refractivity contribution in [3.63, 3.8) is 0 Å². The van der Waals surface area contributed by atoms with Gasteiger partial charge in [-0.15, -0.1) is 0 Å². The molecule has 1 amide bonds. The number of hydrogen-bond donors (Lipinski definition) is 2. The minimum atomic E-state index is -3.53. The fourth-order valence-corrected chi connectivity index (χ4v) is 4.05. The Hall–Kier alpha value is -1.93. The molecule has 0 aliphatic carbocycles. The number of anilines is 1. The van der Waals surface area contributed by atoms with E-state index < -0.39 is 10.0 Å². The van der Waals surface area contributed by atoms with Gasteiger partial charge in [-0.05, 0) is 57.2 Å². The number of carbonyl (C=O) groups is 1. The highest BCUT2D eigenvalue weighted by molar-refractivity contribution is 7.89. The second-order valence-electron chi connectivity index (χ2n) is 6.97. The highest BCUT2D eigenvalue weighted by atomic mass is 35.5. The molecule has 3 N–H and O–H groups in total. The second kappa shape index (κ2) is 9.52. The number of nitrogens with one attached hydrogen (secondary N) is 1. The molecule has 8 heteroatoms. The lowest BCUT2D eigenvalue weighted by atomic mass is 10.1. The van der Waals surface area contributed by atoms with Crippen molar-refractivity contribution < 1.29 is 18.5 Å². The van der Waals surface area contributed by atoms with Crippen LogP contribution in [-0.4, -0.2) is 38.3 Å². The SMILES string of the molecule is CC(C)N(C)S(=O)(=O)c1ccc(NC(=O)C[NH2+][C@@H](C)c2ccc(Cl)cc2)cc1. The van der Waals surface area contributed by atoms with Gasteiger partial charge in [-0.25, -0.2) is 8.42 Å². The normalized spacial score (nSPS) is 13.0. The Morgan fingerprint density at radius 1 is 1.07 bits per heavy atom. The standard InChI is InChI=1S/C20H26ClN3O3S/c1-14(2)24(4)28(26,27)19-11-9-18(10-12-19)23-20(25)13-22-15(3)16-5-7-17(21)8-6-16/h5-12,14-15,22H,13H2,1-4H3,(H,23,25)/p+1/t15-/m0/s1. The van der Waals surface area contributed by atoms with E-state index in [-0.39, 0.29) is 29.4 Å². The third kappa shape index (κ3) is 5.78. The van der Waals surface area contributed by atoms with Crippen LogP contribution in [0.15, 0.2) is 53.4 Å². The van der Waals surface area contributed by atoms with E-state index in [2.05, 4.69) is 5.32 Å². The third-order valence-electron chi connectivity index (χ3n) is 4.59. The Balaban J connectivity index is 1.93. The molecule has 0 aliphatic heterocycles. The molecule has 2 rings (SSSR count). The van der Waals surface area contributed by atoms with Crippen molar-refractivity contribution in [3.8, 4) is 0 Å². The van der Waals surface area contributed by atoms with Gasteiger partial charge in [0.15, 0.2) is 6.54 Å². The van der Waals surface area contributed by atoms with E-state index in [4.69, 9.17) is 11.6 Å².